The van der Waals surface area contributed by atoms with E-state index in [2.05, 4.69) is 4.98 Å². The molecule has 0 saturated heterocycles. The number of phenolic OH excluding ortho intramolecular Hbond substituents is 1. The molecule has 0 bridgehead atoms. The molecule has 0 aliphatic heterocycles. The summed E-state index contributed by atoms with van der Waals surface area (Å²) in [5.41, 5.74) is 1.96. The molecule has 1 aromatic heterocycles. The van der Waals surface area contributed by atoms with Crippen LogP contribution in [0.5, 0.6) is 5.75 Å². The van der Waals surface area contributed by atoms with Crippen molar-refractivity contribution in [1.29, 1.82) is 0 Å². The zero-order valence-corrected chi connectivity index (χ0v) is 6.78. The zero-order valence-electron chi connectivity index (χ0n) is 6.78. The number of rotatable bonds is 0. The van der Waals surface area contributed by atoms with E-state index in [1.807, 2.05) is 26.0 Å². The van der Waals surface area contributed by atoms with E-state index in [1.165, 1.54) is 0 Å². The summed E-state index contributed by atoms with van der Waals surface area (Å²) in [5, 5.41) is 10.3. The number of aromatic nitrogens is 1. The fourth-order valence-electron chi connectivity index (χ4n) is 1.30. The highest BCUT2D eigenvalue weighted by Gasteiger charge is 2.00. The number of pyridine rings is 1. The van der Waals surface area contributed by atoms with E-state index in [9.17, 15) is 5.11 Å². The van der Waals surface area contributed by atoms with Crippen LogP contribution in [0.15, 0.2) is 30.5 Å². The molecule has 0 amide bonds. The summed E-state index contributed by atoms with van der Waals surface area (Å²) in [6.07, 6.45) is 1.73. The van der Waals surface area contributed by atoms with Crippen molar-refractivity contribution >= 4 is 24.2 Å². The minimum Gasteiger partial charge on any atom is -0.507 e. The lowest BCUT2D eigenvalue weighted by molar-refractivity contribution is 0.481. The fourth-order valence-corrected chi connectivity index (χ4v) is 1.30. The van der Waals surface area contributed by atoms with Gasteiger partial charge in [-0.3, -0.25) is 4.98 Å². The lowest BCUT2D eigenvalue weighted by Gasteiger charge is -2.01. The first-order chi connectivity index (χ1) is 5.79. The molecule has 1 aromatic carbocycles. The molecule has 3 heteroatoms. The molecule has 2 aromatic rings. The largest absolute Gasteiger partial charge is 0.507 e. The third-order valence-corrected chi connectivity index (χ3v) is 1.95. The van der Waals surface area contributed by atoms with Gasteiger partial charge in [-0.2, -0.15) is 0 Å². The highest BCUT2D eigenvalue weighted by atomic mass is 16.3. The molecule has 0 saturated carbocycles. The Hall–Kier alpha value is -1.51. The number of benzene rings is 1. The summed E-state index contributed by atoms with van der Waals surface area (Å²) >= 11 is 0. The summed E-state index contributed by atoms with van der Waals surface area (Å²) in [4.78, 5) is 4.18. The van der Waals surface area contributed by atoms with Crippen molar-refractivity contribution in [3.63, 3.8) is 0 Å². The van der Waals surface area contributed by atoms with Gasteiger partial charge >= 0.3 is 0 Å². The van der Waals surface area contributed by atoms with Gasteiger partial charge in [-0.1, -0.05) is 11.5 Å². The normalized spacial score (nSPS) is 10.3. The van der Waals surface area contributed by atoms with Gasteiger partial charge < -0.3 is 5.11 Å². The first kappa shape index (κ1) is 7.16. The number of hydrogen-bond donors (Lipinski definition) is 1. The third kappa shape index (κ3) is 0.943. The van der Waals surface area contributed by atoms with Crippen molar-refractivity contribution in [3.8, 4) is 5.75 Å². The minimum absolute atomic E-state index is 0.295. The molecule has 0 unspecified atom stereocenters. The van der Waals surface area contributed by atoms with E-state index in [0.29, 0.717) is 5.75 Å². The minimum atomic E-state index is 0.295. The van der Waals surface area contributed by atoms with Crippen molar-refractivity contribution in [1.82, 2.24) is 4.98 Å². The molecule has 0 aliphatic carbocycles. The van der Waals surface area contributed by atoms with Crippen LogP contribution in [0, 0.1) is 0 Å². The van der Waals surface area contributed by atoms with Crippen molar-refractivity contribution in [2.75, 3.05) is 0 Å². The van der Waals surface area contributed by atoms with Gasteiger partial charge in [0.2, 0.25) is 0 Å². The molecule has 1 N–H and O–H groups in total. The van der Waals surface area contributed by atoms with Gasteiger partial charge in [0.1, 0.15) is 13.6 Å². The molecule has 58 valence electrons. The molecule has 2 nitrogen and oxygen atoms in total. The van der Waals surface area contributed by atoms with Crippen LogP contribution in [0.1, 0.15) is 0 Å². The number of phenols is 1. The second kappa shape index (κ2) is 2.52. The molecule has 0 fully saturated rings. The van der Waals surface area contributed by atoms with Crippen LogP contribution in [-0.4, -0.2) is 17.9 Å². The summed E-state index contributed by atoms with van der Waals surface area (Å²) in [7, 11) is 1.98. The Bertz CT molecular complexity index is 387. The summed E-state index contributed by atoms with van der Waals surface area (Å²) in [6, 6.07) is 7.25. The second-order valence-corrected chi connectivity index (χ2v) is 2.80. The highest BCUT2D eigenvalue weighted by molar-refractivity contribution is 6.38. The zero-order chi connectivity index (χ0) is 8.55. The van der Waals surface area contributed by atoms with Crippen LogP contribution in [0.25, 0.3) is 10.9 Å². The monoisotopic (exact) mass is 157 g/mol. The van der Waals surface area contributed by atoms with Crippen LogP contribution >= 0.6 is 0 Å². The van der Waals surface area contributed by atoms with Crippen molar-refractivity contribution in [2.45, 2.75) is 0 Å². The number of hydrogen-bond acceptors (Lipinski definition) is 2. The molecule has 12 heavy (non-hydrogen) atoms. The standard InChI is InChI=1S/C9H8BNO/c10-7-3-4-8(12)6-2-1-5-11-9(6)7/h1-5,12H,10H2. The van der Waals surface area contributed by atoms with Gasteiger partial charge in [-0.25, -0.2) is 0 Å². The average Bonchev–Trinajstić information content (AvgIpc) is 2.12. The van der Waals surface area contributed by atoms with Gasteiger partial charge in [0.25, 0.3) is 0 Å². The lowest BCUT2D eigenvalue weighted by atomic mass is 9.93. The van der Waals surface area contributed by atoms with Crippen molar-refractivity contribution in [2.24, 2.45) is 0 Å². The quantitative estimate of drug-likeness (QED) is 0.554. The van der Waals surface area contributed by atoms with E-state index in [0.717, 1.165) is 16.4 Å². The van der Waals surface area contributed by atoms with Crippen LogP contribution in [0.2, 0.25) is 0 Å². The SMILES string of the molecule is Bc1ccc(O)c2cccnc12. The number of aromatic hydroxyl groups is 1. The number of fused-ring (bicyclic) bond motifs is 1. The Morgan fingerprint density at radius 3 is 2.83 bits per heavy atom. The van der Waals surface area contributed by atoms with E-state index < -0.39 is 0 Å². The second-order valence-electron chi connectivity index (χ2n) is 2.80. The van der Waals surface area contributed by atoms with E-state index in [-0.39, 0.29) is 0 Å². The maximum Gasteiger partial charge on any atom is 0.142 e. The molecule has 1 heterocycles. The smallest absolute Gasteiger partial charge is 0.142 e. The molecular formula is C9H8BNO. The van der Waals surface area contributed by atoms with Gasteiger partial charge in [0.05, 0.1) is 5.52 Å². The average molecular weight is 157 g/mol. The summed E-state index contributed by atoms with van der Waals surface area (Å²) < 4.78 is 0. The Kier molecular flexibility index (Phi) is 1.50. The third-order valence-electron chi connectivity index (χ3n) is 1.95. The molecule has 2 rings (SSSR count). The molecule has 0 aliphatic rings. The summed E-state index contributed by atoms with van der Waals surface area (Å²) in [5.74, 6) is 0.295. The predicted molar refractivity (Wildman–Crippen MR) is 51.6 cm³/mol. The first-order valence-corrected chi connectivity index (χ1v) is 3.82. The molecule has 0 spiro atoms. The topological polar surface area (TPSA) is 33.1 Å². The van der Waals surface area contributed by atoms with E-state index in [4.69, 9.17) is 0 Å². The van der Waals surface area contributed by atoms with Gasteiger partial charge in [0, 0.05) is 11.6 Å². The van der Waals surface area contributed by atoms with Gasteiger partial charge in [-0.05, 0) is 18.2 Å². The van der Waals surface area contributed by atoms with Crippen molar-refractivity contribution in [3.05, 3.63) is 30.5 Å². The van der Waals surface area contributed by atoms with Gasteiger partial charge in [-0.15, -0.1) is 0 Å². The Morgan fingerprint density at radius 1 is 1.25 bits per heavy atom. The van der Waals surface area contributed by atoms with Crippen LogP contribution in [-0.2, 0) is 0 Å². The fraction of sp³-hybridized carbons (Fsp3) is 0. The molecule has 0 atom stereocenters. The predicted octanol–water partition coefficient (Wildman–Crippen LogP) is 0.199. The maximum atomic E-state index is 9.46. The van der Waals surface area contributed by atoms with Crippen LogP contribution < -0.4 is 5.46 Å². The Labute approximate surface area is 71.3 Å². The molecular weight excluding hydrogens is 149 g/mol. The van der Waals surface area contributed by atoms with E-state index >= 15 is 0 Å². The highest BCUT2D eigenvalue weighted by Crippen LogP contribution is 2.19. The van der Waals surface area contributed by atoms with Gasteiger partial charge in [0.15, 0.2) is 0 Å². The Balaban J connectivity index is 2.95. The van der Waals surface area contributed by atoms with E-state index in [1.54, 1.807) is 12.3 Å². The lowest BCUT2D eigenvalue weighted by Crippen LogP contribution is -2.04. The Morgan fingerprint density at radius 2 is 2.08 bits per heavy atom. The van der Waals surface area contributed by atoms with Crippen LogP contribution in [0.4, 0.5) is 0 Å². The number of nitrogens with zero attached hydrogens (tertiary/aromatic N) is 1. The van der Waals surface area contributed by atoms with Crippen LogP contribution in [0.3, 0.4) is 0 Å². The first-order valence-electron chi connectivity index (χ1n) is 3.82. The van der Waals surface area contributed by atoms with Crippen molar-refractivity contribution < 1.29 is 5.11 Å². The summed E-state index contributed by atoms with van der Waals surface area (Å²) in [6.45, 7) is 0. The molecule has 0 radical (unpaired) electrons. The maximum absolute atomic E-state index is 9.46.